The Morgan fingerprint density at radius 2 is 1.73 bits per heavy atom. The van der Waals surface area contributed by atoms with Crippen molar-refractivity contribution in [3.8, 4) is 5.75 Å². The molecule has 30 heavy (non-hydrogen) atoms. The summed E-state index contributed by atoms with van der Waals surface area (Å²) in [7, 11) is -3.42. The van der Waals surface area contributed by atoms with E-state index in [1.165, 1.54) is 17.5 Å². The Kier molecular flexibility index (Phi) is 11.4. The van der Waals surface area contributed by atoms with Crippen molar-refractivity contribution in [2.24, 2.45) is 0 Å². The standard InChI is InChI=1S/C21H33NO7S/c1-4-5-6-8-20(29-17(2)23)9-7-14-22(30(3,26)27)15-18-10-12-19(13-11-18)28-16-21(24)25/h10-13,20H,4-9,14-16H2,1-3H3,(H,24,25). The van der Waals surface area contributed by atoms with Gasteiger partial charge in [0.1, 0.15) is 11.9 Å². The second-order valence-electron chi connectivity index (χ2n) is 7.29. The predicted octanol–water partition coefficient (Wildman–Crippen LogP) is 3.20. The number of esters is 1. The fraction of sp³-hybridized carbons (Fsp3) is 0.619. The van der Waals surface area contributed by atoms with Gasteiger partial charge in [0.15, 0.2) is 6.61 Å². The molecular formula is C21H33NO7S. The van der Waals surface area contributed by atoms with Gasteiger partial charge in [0, 0.05) is 20.0 Å². The SMILES string of the molecule is CCCCCC(CCCN(Cc1ccc(OCC(=O)O)cc1)S(C)(=O)=O)OC(C)=O. The number of rotatable bonds is 15. The van der Waals surface area contributed by atoms with E-state index in [0.29, 0.717) is 25.1 Å². The number of ether oxygens (including phenoxy) is 2. The Balaban J connectivity index is 2.65. The summed E-state index contributed by atoms with van der Waals surface area (Å²) in [6.07, 6.45) is 6.07. The van der Waals surface area contributed by atoms with Crippen LogP contribution < -0.4 is 4.74 Å². The minimum absolute atomic E-state index is 0.193. The Labute approximate surface area is 179 Å². The molecule has 0 aliphatic rings. The summed E-state index contributed by atoms with van der Waals surface area (Å²) in [6, 6.07) is 6.65. The van der Waals surface area contributed by atoms with Gasteiger partial charge in [0.2, 0.25) is 10.0 Å². The first-order valence-corrected chi connectivity index (χ1v) is 12.0. The van der Waals surface area contributed by atoms with Gasteiger partial charge in [0.05, 0.1) is 6.26 Å². The smallest absolute Gasteiger partial charge is 0.341 e. The summed E-state index contributed by atoms with van der Waals surface area (Å²) >= 11 is 0. The Morgan fingerprint density at radius 3 is 2.27 bits per heavy atom. The molecule has 1 rings (SSSR count). The molecule has 0 aromatic heterocycles. The number of unbranched alkanes of at least 4 members (excludes halogenated alkanes) is 2. The quantitative estimate of drug-likeness (QED) is 0.327. The number of carbonyl (C=O) groups excluding carboxylic acids is 1. The molecule has 0 saturated carbocycles. The van der Waals surface area contributed by atoms with Crippen LogP contribution in [0.2, 0.25) is 0 Å². The van der Waals surface area contributed by atoms with Crippen LogP contribution in [0.15, 0.2) is 24.3 Å². The van der Waals surface area contributed by atoms with Gasteiger partial charge >= 0.3 is 11.9 Å². The van der Waals surface area contributed by atoms with E-state index in [1.807, 2.05) is 0 Å². The Hall–Kier alpha value is -2.13. The average molecular weight is 444 g/mol. The monoisotopic (exact) mass is 443 g/mol. The summed E-state index contributed by atoms with van der Waals surface area (Å²) in [6.45, 7) is 3.58. The summed E-state index contributed by atoms with van der Waals surface area (Å²) in [5.41, 5.74) is 0.766. The lowest BCUT2D eigenvalue weighted by atomic mass is 10.1. The molecule has 0 bridgehead atoms. The second-order valence-corrected chi connectivity index (χ2v) is 9.27. The van der Waals surface area contributed by atoms with Gasteiger partial charge in [-0.25, -0.2) is 13.2 Å². The van der Waals surface area contributed by atoms with Crippen molar-refractivity contribution in [2.75, 3.05) is 19.4 Å². The number of carboxylic acids is 1. The van der Waals surface area contributed by atoms with Crippen LogP contribution in [0.1, 0.15) is 57.9 Å². The minimum atomic E-state index is -3.42. The van der Waals surface area contributed by atoms with Crippen molar-refractivity contribution in [1.29, 1.82) is 0 Å². The molecule has 1 N–H and O–H groups in total. The van der Waals surface area contributed by atoms with Gasteiger partial charge in [-0.15, -0.1) is 0 Å². The van der Waals surface area contributed by atoms with E-state index >= 15 is 0 Å². The normalized spacial score (nSPS) is 12.5. The van der Waals surface area contributed by atoms with Crippen molar-refractivity contribution in [1.82, 2.24) is 4.31 Å². The maximum atomic E-state index is 12.2. The zero-order valence-corrected chi connectivity index (χ0v) is 18.8. The first-order chi connectivity index (χ1) is 14.1. The highest BCUT2D eigenvalue weighted by Crippen LogP contribution is 2.17. The van der Waals surface area contributed by atoms with E-state index in [1.54, 1.807) is 24.3 Å². The van der Waals surface area contributed by atoms with Crippen LogP contribution in [0.25, 0.3) is 0 Å². The lowest BCUT2D eigenvalue weighted by Crippen LogP contribution is -2.31. The van der Waals surface area contributed by atoms with Gasteiger partial charge in [-0.05, 0) is 43.4 Å². The lowest BCUT2D eigenvalue weighted by Gasteiger charge is -2.22. The van der Waals surface area contributed by atoms with Gasteiger partial charge < -0.3 is 14.6 Å². The van der Waals surface area contributed by atoms with Crippen LogP contribution in [0, 0.1) is 0 Å². The van der Waals surface area contributed by atoms with E-state index in [0.717, 1.165) is 31.2 Å². The first kappa shape index (κ1) is 25.9. The molecule has 0 amide bonds. The highest BCUT2D eigenvalue weighted by molar-refractivity contribution is 7.88. The number of hydrogen-bond donors (Lipinski definition) is 1. The van der Waals surface area contributed by atoms with Gasteiger partial charge in [-0.1, -0.05) is 31.9 Å². The number of benzene rings is 1. The third kappa shape index (κ3) is 11.2. The van der Waals surface area contributed by atoms with E-state index < -0.39 is 22.6 Å². The fourth-order valence-electron chi connectivity index (χ4n) is 3.02. The number of aliphatic carboxylic acids is 1. The van der Waals surface area contributed by atoms with Gasteiger partial charge in [-0.3, -0.25) is 4.79 Å². The van der Waals surface area contributed by atoms with Crippen LogP contribution in [0.4, 0.5) is 0 Å². The van der Waals surface area contributed by atoms with Crippen LogP contribution in [0.5, 0.6) is 5.75 Å². The first-order valence-electron chi connectivity index (χ1n) is 10.2. The fourth-order valence-corrected chi connectivity index (χ4v) is 3.86. The van der Waals surface area contributed by atoms with Crippen LogP contribution in [0.3, 0.4) is 0 Å². The van der Waals surface area contributed by atoms with E-state index in [9.17, 15) is 18.0 Å². The predicted molar refractivity (Wildman–Crippen MR) is 114 cm³/mol. The zero-order chi connectivity index (χ0) is 22.6. The third-order valence-corrected chi connectivity index (χ3v) is 5.76. The maximum Gasteiger partial charge on any atom is 0.341 e. The van der Waals surface area contributed by atoms with Crippen molar-refractivity contribution in [3.05, 3.63) is 29.8 Å². The number of sulfonamides is 1. The highest BCUT2D eigenvalue weighted by atomic mass is 32.2. The molecule has 9 heteroatoms. The molecule has 0 aliphatic carbocycles. The van der Waals surface area contributed by atoms with E-state index in [2.05, 4.69) is 6.92 Å². The molecule has 1 unspecified atom stereocenters. The largest absolute Gasteiger partial charge is 0.482 e. The average Bonchev–Trinajstić information content (AvgIpc) is 2.65. The Bertz CT molecular complexity index is 762. The molecular weight excluding hydrogens is 410 g/mol. The van der Waals surface area contributed by atoms with Crippen LogP contribution >= 0.6 is 0 Å². The lowest BCUT2D eigenvalue weighted by molar-refractivity contribution is -0.147. The summed E-state index contributed by atoms with van der Waals surface area (Å²) in [5, 5.41) is 8.64. The van der Waals surface area contributed by atoms with E-state index in [4.69, 9.17) is 14.6 Å². The molecule has 170 valence electrons. The second kappa shape index (κ2) is 13.2. The summed E-state index contributed by atoms with van der Waals surface area (Å²) in [4.78, 5) is 21.9. The molecule has 0 heterocycles. The number of carboxylic acid groups (broad SMARTS) is 1. The molecule has 1 aromatic carbocycles. The van der Waals surface area contributed by atoms with Crippen molar-refractivity contribution >= 4 is 22.0 Å². The van der Waals surface area contributed by atoms with Gasteiger partial charge in [0.25, 0.3) is 0 Å². The molecule has 0 spiro atoms. The number of hydrogen-bond acceptors (Lipinski definition) is 6. The van der Waals surface area contributed by atoms with Crippen LogP contribution in [-0.2, 0) is 30.9 Å². The number of carbonyl (C=O) groups is 2. The van der Waals surface area contributed by atoms with Crippen molar-refractivity contribution < 1.29 is 32.6 Å². The summed E-state index contributed by atoms with van der Waals surface area (Å²) in [5.74, 6) is -0.978. The molecule has 1 aromatic rings. The molecule has 0 fully saturated rings. The molecule has 0 radical (unpaired) electrons. The van der Waals surface area contributed by atoms with Crippen molar-refractivity contribution in [2.45, 2.75) is 65.0 Å². The molecule has 0 aliphatic heterocycles. The zero-order valence-electron chi connectivity index (χ0n) is 18.0. The molecule has 1 atom stereocenters. The van der Waals surface area contributed by atoms with E-state index in [-0.39, 0.29) is 18.6 Å². The van der Waals surface area contributed by atoms with Crippen molar-refractivity contribution in [3.63, 3.8) is 0 Å². The third-order valence-electron chi connectivity index (χ3n) is 4.51. The topological polar surface area (TPSA) is 110 Å². The summed E-state index contributed by atoms with van der Waals surface area (Å²) < 4.78 is 36.2. The minimum Gasteiger partial charge on any atom is -0.482 e. The van der Waals surface area contributed by atoms with Gasteiger partial charge in [-0.2, -0.15) is 4.31 Å². The molecule has 0 saturated heterocycles. The Morgan fingerprint density at radius 1 is 1.10 bits per heavy atom. The maximum absolute atomic E-state index is 12.2. The number of nitrogens with zero attached hydrogens (tertiary/aromatic N) is 1. The highest BCUT2D eigenvalue weighted by Gasteiger charge is 2.19. The molecule has 8 nitrogen and oxygen atoms in total. The van der Waals surface area contributed by atoms with Crippen LogP contribution in [-0.4, -0.2) is 55.3 Å².